The molecule has 1 amide bonds. The number of anilines is 1. The summed E-state index contributed by atoms with van der Waals surface area (Å²) in [5.41, 5.74) is 1.58. The fourth-order valence-corrected chi connectivity index (χ4v) is 5.90. The molecule has 29 heavy (non-hydrogen) atoms. The Hall–Kier alpha value is -2.26. The molecule has 150 valence electrons. The number of halogens is 1. The van der Waals surface area contributed by atoms with Crippen LogP contribution in [0.4, 0.5) is 5.13 Å². The Labute approximate surface area is 178 Å². The van der Waals surface area contributed by atoms with E-state index >= 15 is 0 Å². The molecule has 1 N–H and O–H groups in total. The highest BCUT2D eigenvalue weighted by Crippen LogP contribution is 2.31. The van der Waals surface area contributed by atoms with Crippen LogP contribution in [0.25, 0.3) is 0 Å². The van der Waals surface area contributed by atoms with Gasteiger partial charge in [0.25, 0.3) is 0 Å². The Morgan fingerprint density at radius 2 is 1.86 bits per heavy atom. The van der Waals surface area contributed by atoms with Gasteiger partial charge in [0.1, 0.15) is 0 Å². The Balaban J connectivity index is 1.46. The Morgan fingerprint density at radius 3 is 2.62 bits per heavy atom. The third kappa shape index (κ3) is 4.35. The molecule has 0 aliphatic carbocycles. The average molecular weight is 448 g/mol. The smallest absolute Gasteiger partial charge is 0.243 e. The van der Waals surface area contributed by atoms with E-state index in [2.05, 4.69) is 10.3 Å². The number of carbonyl (C=O) groups excluding carboxylic acids is 1. The molecule has 0 fully saturated rings. The Kier molecular flexibility index (Phi) is 5.69. The van der Waals surface area contributed by atoms with Gasteiger partial charge < -0.3 is 5.32 Å². The highest BCUT2D eigenvalue weighted by molar-refractivity contribution is 7.89. The number of benzene rings is 2. The van der Waals surface area contributed by atoms with Crippen molar-refractivity contribution in [3.8, 4) is 0 Å². The van der Waals surface area contributed by atoms with Crippen LogP contribution in [0.15, 0.2) is 59.5 Å². The van der Waals surface area contributed by atoms with Crippen molar-refractivity contribution in [2.45, 2.75) is 24.3 Å². The number of rotatable bonds is 5. The topological polar surface area (TPSA) is 79.4 Å². The van der Waals surface area contributed by atoms with Gasteiger partial charge in [-0.15, -0.1) is 11.3 Å². The van der Waals surface area contributed by atoms with Crippen molar-refractivity contribution in [2.75, 3.05) is 11.9 Å². The maximum absolute atomic E-state index is 12.8. The molecule has 6 nitrogen and oxygen atoms in total. The number of amides is 1. The van der Waals surface area contributed by atoms with Gasteiger partial charge in [0.05, 0.1) is 23.6 Å². The maximum Gasteiger partial charge on any atom is 0.243 e. The molecule has 0 saturated carbocycles. The lowest BCUT2D eigenvalue weighted by atomic mass is 10.1. The number of nitrogens with zero attached hydrogens (tertiary/aromatic N) is 2. The highest BCUT2D eigenvalue weighted by atomic mass is 35.5. The molecule has 1 aromatic heterocycles. The van der Waals surface area contributed by atoms with E-state index in [-0.39, 0.29) is 23.8 Å². The molecule has 0 radical (unpaired) electrons. The van der Waals surface area contributed by atoms with Crippen LogP contribution < -0.4 is 5.32 Å². The first-order valence-electron chi connectivity index (χ1n) is 9.00. The minimum absolute atomic E-state index is 0.151. The Bertz CT molecular complexity index is 1150. The van der Waals surface area contributed by atoms with Crippen LogP contribution in [0.3, 0.4) is 0 Å². The number of fused-ring (bicyclic) bond motifs is 1. The fraction of sp³-hybridized carbons (Fsp3) is 0.200. The van der Waals surface area contributed by atoms with E-state index in [0.29, 0.717) is 23.1 Å². The summed E-state index contributed by atoms with van der Waals surface area (Å²) >= 11 is 7.42. The molecule has 1 aliphatic heterocycles. The van der Waals surface area contributed by atoms with Crippen molar-refractivity contribution in [3.05, 3.63) is 75.8 Å². The van der Waals surface area contributed by atoms with Crippen LogP contribution >= 0.6 is 22.9 Å². The van der Waals surface area contributed by atoms with Crippen LogP contribution in [0.2, 0.25) is 5.02 Å². The summed E-state index contributed by atoms with van der Waals surface area (Å²) in [6.45, 7) is 0.617. The van der Waals surface area contributed by atoms with E-state index in [4.69, 9.17) is 11.6 Å². The third-order valence-electron chi connectivity index (χ3n) is 4.63. The zero-order valence-electron chi connectivity index (χ0n) is 15.3. The molecule has 0 atom stereocenters. The normalized spacial score (nSPS) is 14.4. The van der Waals surface area contributed by atoms with Crippen LogP contribution in [-0.2, 0) is 34.2 Å². The van der Waals surface area contributed by atoms with Gasteiger partial charge >= 0.3 is 0 Å². The predicted octanol–water partition coefficient (Wildman–Crippen LogP) is 3.72. The second-order valence-electron chi connectivity index (χ2n) is 6.61. The largest absolute Gasteiger partial charge is 0.302 e. The summed E-state index contributed by atoms with van der Waals surface area (Å²) in [5.74, 6) is -0.210. The summed E-state index contributed by atoms with van der Waals surface area (Å²) in [6, 6.07) is 15.6. The van der Waals surface area contributed by atoms with Crippen molar-refractivity contribution in [2.24, 2.45) is 0 Å². The minimum atomic E-state index is -3.55. The molecule has 0 unspecified atom stereocenters. The average Bonchev–Trinajstić information content (AvgIpc) is 3.11. The van der Waals surface area contributed by atoms with E-state index < -0.39 is 10.0 Å². The van der Waals surface area contributed by atoms with Gasteiger partial charge in [0.2, 0.25) is 15.9 Å². The van der Waals surface area contributed by atoms with Crippen LogP contribution in [0, 0.1) is 0 Å². The lowest BCUT2D eigenvalue weighted by Crippen LogP contribution is -2.35. The summed E-state index contributed by atoms with van der Waals surface area (Å²) in [6.07, 6.45) is 0.663. The number of thiazole rings is 1. The van der Waals surface area contributed by atoms with Crippen molar-refractivity contribution >= 4 is 44.0 Å². The van der Waals surface area contributed by atoms with Crippen molar-refractivity contribution < 1.29 is 13.2 Å². The number of hydrogen-bond acceptors (Lipinski definition) is 5. The molecule has 0 bridgehead atoms. The van der Waals surface area contributed by atoms with E-state index in [1.165, 1.54) is 15.6 Å². The first-order valence-corrected chi connectivity index (χ1v) is 11.6. The van der Waals surface area contributed by atoms with Crippen molar-refractivity contribution in [1.82, 2.24) is 9.29 Å². The summed E-state index contributed by atoms with van der Waals surface area (Å²) < 4.78 is 27.1. The van der Waals surface area contributed by atoms with Crippen LogP contribution in [-0.4, -0.2) is 30.2 Å². The molecular formula is C20H18ClN3O3S2. The molecule has 2 heterocycles. The van der Waals surface area contributed by atoms with Crippen LogP contribution in [0.1, 0.15) is 16.1 Å². The number of hydrogen-bond donors (Lipinski definition) is 1. The molecule has 0 spiro atoms. The molecule has 1 aliphatic rings. The number of carbonyl (C=O) groups is 1. The number of sulfonamides is 1. The quantitative estimate of drug-likeness (QED) is 0.646. The second kappa shape index (κ2) is 8.23. The van der Waals surface area contributed by atoms with Gasteiger partial charge in [-0.25, -0.2) is 13.4 Å². The second-order valence-corrected chi connectivity index (χ2v) is 10.0. The third-order valence-corrected chi connectivity index (χ3v) is 7.86. The van der Waals surface area contributed by atoms with E-state index in [9.17, 15) is 13.2 Å². The molecule has 9 heteroatoms. The predicted molar refractivity (Wildman–Crippen MR) is 114 cm³/mol. The lowest BCUT2D eigenvalue weighted by Gasteiger charge is -2.25. The SMILES string of the molecule is O=C(Cc1ccccc1Cl)Nc1nc2c(s1)CN(S(=O)(=O)c1ccccc1)CC2. The van der Waals surface area contributed by atoms with Crippen LogP contribution in [0.5, 0.6) is 0 Å². The van der Waals surface area contributed by atoms with Gasteiger partial charge in [-0.1, -0.05) is 48.0 Å². The fourth-order valence-electron chi connectivity index (χ4n) is 3.15. The van der Waals surface area contributed by atoms with Crippen molar-refractivity contribution in [1.29, 1.82) is 0 Å². The minimum Gasteiger partial charge on any atom is -0.302 e. The van der Waals surface area contributed by atoms with Gasteiger partial charge in [-0.3, -0.25) is 4.79 Å². The van der Waals surface area contributed by atoms with Gasteiger partial charge in [0, 0.05) is 22.9 Å². The van der Waals surface area contributed by atoms with Gasteiger partial charge in [-0.05, 0) is 23.8 Å². The maximum atomic E-state index is 12.8. The van der Waals surface area contributed by atoms with Gasteiger partial charge in [0.15, 0.2) is 5.13 Å². The van der Waals surface area contributed by atoms with Gasteiger partial charge in [-0.2, -0.15) is 4.31 Å². The zero-order chi connectivity index (χ0) is 20.4. The standard InChI is InChI=1S/C20H18ClN3O3S2/c21-16-9-5-4-6-14(16)12-19(25)23-20-22-17-10-11-24(13-18(17)28-20)29(26,27)15-7-2-1-3-8-15/h1-9H,10-13H2,(H,22,23,25). The first-order chi connectivity index (χ1) is 13.9. The lowest BCUT2D eigenvalue weighted by molar-refractivity contribution is -0.115. The molecular weight excluding hydrogens is 430 g/mol. The highest BCUT2D eigenvalue weighted by Gasteiger charge is 2.30. The van der Waals surface area contributed by atoms with E-state index in [0.717, 1.165) is 16.1 Å². The molecule has 2 aromatic carbocycles. The summed E-state index contributed by atoms with van der Waals surface area (Å²) in [7, 11) is -3.55. The zero-order valence-corrected chi connectivity index (χ0v) is 17.7. The Morgan fingerprint density at radius 1 is 1.14 bits per heavy atom. The molecule has 0 saturated heterocycles. The molecule has 3 aromatic rings. The van der Waals surface area contributed by atoms with Crippen molar-refractivity contribution in [3.63, 3.8) is 0 Å². The summed E-state index contributed by atoms with van der Waals surface area (Å²) in [5, 5.41) is 3.82. The summed E-state index contributed by atoms with van der Waals surface area (Å²) in [4.78, 5) is 18.0. The monoisotopic (exact) mass is 447 g/mol. The number of aromatic nitrogens is 1. The van der Waals surface area contributed by atoms with E-state index in [1.807, 2.05) is 12.1 Å². The molecule has 4 rings (SSSR count). The number of nitrogens with one attached hydrogen (secondary N) is 1. The van der Waals surface area contributed by atoms with E-state index in [1.54, 1.807) is 42.5 Å². The first kappa shape index (κ1) is 20.0.